The first-order valence-corrected chi connectivity index (χ1v) is 6.65. The van der Waals surface area contributed by atoms with Crippen molar-refractivity contribution in [2.24, 2.45) is 11.3 Å². The molecule has 18 heavy (non-hydrogen) atoms. The van der Waals surface area contributed by atoms with Gasteiger partial charge in [-0.3, -0.25) is 4.79 Å². The van der Waals surface area contributed by atoms with Gasteiger partial charge in [0.1, 0.15) is 0 Å². The highest BCUT2D eigenvalue weighted by molar-refractivity contribution is 6.08. The van der Waals surface area contributed by atoms with Crippen LogP contribution in [0.15, 0.2) is 35.5 Å². The zero-order valence-corrected chi connectivity index (χ0v) is 11.5. The van der Waals surface area contributed by atoms with Crippen LogP contribution in [-0.4, -0.2) is 17.0 Å². The molecule has 2 aliphatic carbocycles. The lowest BCUT2D eigenvalue weighted by atomic mass is 9.70. The highest BCUT2D eigenvalue weighted by Crippen LogP contribution is 2.46. The largest absolute Gasteiger partial charge is 0.393 e. The maximum absolute atomic E-state index is 12.0. The number of rotatable bonds is 1. The Labute approximate surface area is 109 Å². The SMILES string of the molecule is C=C(C)C1=C[C@]2(C)C[C@@H](C)[C@H](O)CCC2=CC1=O. The topological polar surface area (TPSA) is 37.3 Å². The first-order chi connectivity index (χ1) is 8.33. The molecule has 2 aliphatic rings. The minimum Gasteiger partial charge on any atom is -0.393 e. The maximum atomic E-state index is 12.0. The molecule has 0 bridgehead atoms. The Morgan fingerprint density at radius 1 is 1.56 bits per heavy atom. The van der Waals surface area contributed by atoms with Crippen molar-refractivity contribution < 1.29 is 9.90 Å². The number of hydrogen-bond donors (Lipinski definition) is 1. The smallest absolute Gasteiger partial charge is 0.185 e. The first kappa shape index (κ1) is 13.3. The summed E-state index contributed by atoms with van der Waals surface area (Å²) in [7, 11) is 0. The molecule has 98 valence electrons. The fourth-order valence-corrected chi connectivity index (χ4v) is 3.16. The van der Waals surface area contributed by atoms with E-state index in [9.17, 15) is 9.90 Å². The van der Waals surface area contributed by atoms with Gasteiger partial charge in [0.2, 0.25) is 0 Å². The molecule has 1 N–H and O–H groups in total. The van der Waals surface area contributed by atoms with Crippen LogP contribution in [0.4, 0.5) is 0 Å². The van der Waals surface area contributed by atoms with Crippen molar-refractivity contribution in [1.29, 1.82) is 0 Å². The summed E-state index contributed by atoms with van der Waals surface area (Å²) in [6.45, 7) is 10.0. The summed E-state index contributed by atoms with van der Waals surface area (Å²) in [5, 5.41) is 10.0. The van der Waals surface area contributed by atoms with Crippen molar-refractivity contribution >= 4 is 5.78 Å². The summed E-state index contributed by atoms with van der Waals surface area (Å²) < 4.78 is 0. The van der Waals surface area contributed by atoms with Crippen LogP contribution in [0.3, 0.4) is 0 Å². The average molecular weight is 246 g/mol. The molecule has 2 nitrogen and oxygen atoms in total. The second-order valence-corrected chi connectivity index (χ2v) is 6.08. The van der Waals surface area contributed by atoms with Gasteiger partial charge in [0, 0.05) is 11.0 Å². The van der Waals surface area contributed by atoms with Gasteiger partial charge in [-0.1, -0.05) is 32.1 Å². The van der Waals surface area contributed by atoms with Gasteiger partial charge in [0.15, 0.2) is 5.78 Å². The third-order valence-corrected chi connectivity index (χ3v) is 4.34. The van der Waals surface area contributed by atoms with E-state index < -0.39 is 0 Å². The number of aliphatic hydroxyl groups excluding tert-OH is 1. The summed E-state index contributed by atoms with van der Waals surface area (Å²) in [6.07, 6.45) is 6.05. The van der Waals surface area contributed by atoms with Gasteiger partial charge in [-0.05, 0) is 43.8 Å². The molecule has 0 aromatic carbocycles. The van der Waals surface area contributed by atoms with E-state index in [0.717, 1.165) is 30.4 Å². The van der Waals surface area contributed by atoms with Crippen LogP contribution < -0.4 is 0 Å². The van der Waals surface area contributed by atoms with Crippen LogP contribution in [0.25, 0.3) is 0 Å². The third-order valence-electron chi connectivity index (χ3n) is 4.34. The standard InChI is InChI=1S/C16H22O2/c1-10(2)13-9-16(4)8-11(3)14(17)6-5-12(16)7-15(13)18/h7,9,11,14,17H,1,5-6,8H2,2-4H3/t11-,14-,16+/m1/s1. The van der Waals surface area contributed by atoms with Crippen LogP contribution >= 0.6 is 0 Å². The molecule has 2 heteroatoms. The predicted octanol–water partition coefficient (Wildman–Crippen LogP) is 3.19. The van der Waals surface area contributed by atoms with Crippen LogP contribution in [-0.2, 0) is 4.79 Å². The molecule has 0 radical (unpaired) electrons. The lowest BCUT2D eigenvalue weighted by molar-refractivity contribution is -0.111. The summed E-state index contributed by atoms with van der Waals surface area (Å²) in [6, 6.07) is 0. The molecule has 0 amide bonds. The van der Waals surface area contributed by atoms with Crippen molar-refractivity contribution in [3.05, 3.63) is 35.5 Å². The van der Waals surface area contributed by atoms with Gasteiger partial charge >= 0.3 is 0 Å². The molecule has 1 saturated carbocycles. The zero-order valence-electron chi connectivity index (χ0n) is 11.5. The second-order valence-electron chi connectivity index (χ2n) is 6.08. The summed E-state index contributed by atoms with van der Waals surface area (Å²) in [5.74, 6) is 0.329. The van der Waals surface area contributed by atoms with Gasteiger partial charge in [-0.25, -0.2) is 0 Å². The van der Waals surface area contributed by atoms with E-state index >= 15 is 0 Å². The predicted molar refractivity (Wildman–Crippen MR) is 73.1 cm³/mol. The van der Waals surface area contributed by atoms with E-state index in [-0.39, 0.29) is 23.2 Å². The normalized spacial score (nSPS) is 36.3. The Balaban J connectivity index is 2.43. The summed E-state index contributed by atoms with van der Waals surface area (Å²) >= 11 is 0. The Morgan fingerprint density at radius 3 is 2.83 bits per heavy atom. The number of allylic oxidation sites excluding steroid dienone is 5. The van der Waals surface area contributed by atoms with E-state index in [1.165, 1.54) is 5.57 Å². The van der Waals surface area contributed by atoms with E-state index in [2.05, 4.69) is 26.5 Å². The second kappa shape index (κ2) is 4.51. The molecule has 3 atom stereocenters. The van der Waals surface area contributed by atoms with Crippen LogP contribution in [0.5, 0.6) is 0 Å². The van der Waals surface area contributed by atoms with Crippen molar-refractivity contribution in [3.8, 4) is 0 Å². The number of fused-ring (bicyclic) bond motifs is 1. The van der Waals surface area contributed by atoms with Crippen molar-refractivity contribution in [3.63, 3.8) is 0 Å². The highest BCUT2D eigenvalue weighted by Gasteiger charge is 2.38. The summed E-state index contributed by atoms with van der Waals surface area (Å²) in [5.41, 5.74) is 2.64. The van der Waals surface area contributed by atoms with Gasteiger partial charge < -0.3 is 5.11 Å². The molecular formula is C16H22O2. The Morgan fingerprint density at radius 2 is 2.22 bits per heavy atom. The van der Waals surface area contributed by atoms with E-state index in [4.69, 9.17) is 0 Å². The fraction of sp³-hybridized carbons (Fsp3) is 0.562. The lowest BCUT2D eigenvalue weighted by Gasteiger charge is -2.33. The first-order valence-electron chi connectivity index (χ1n) is 6.65. The Kier molecular flexibility index (Phi) is 3.33. The minimum absolute atomic E-state index is 0.0685. The zero-order chi connectivity index (χ0) is 13.5. The Bertz CT molecular complexity index is 456. The fourth-order valence-electron chi connectivity index (χ4n) is 3.16. The maximum Gasteiger partial charge on any atom is 0.185 e. The quantitative estimate of drug-likeness (QED) is 0.771. The molecule has 0 aromatic rings. The van der Waals surface area contributed by atoms with E-state index in [1.54, 1.807) is 6.08 Å². The number of ketones is 1. The lowest BCUT2D eigenvalue weighted by Crippen LogP contribution is -2.26. The van der Waals surface area contributed by atoms with Gasteiger partial charge in [0.25, 0.3) is 0 Å². The van der Waals surface area contributed by atoms with Gasteiger partial charge in [-0.2, -0.15) is 0 Å². The minimum atomic E-state index is -0.259. The molecule has 2 rings (SSSR count). The highest BCUT2D eigenvalue weighted by atomic mass is 16.3. The van der Waals surface area contributed by atoms with Crippen LogP contribution in [0.1, 0.15) is 40.0 Å². The Hall–Kier alpha value is -1.15. The van der Waals surface area contributed by atoms with Crippen LogP contribution in [0, 0.1) is 11.3 Å². The number of carbonyl (C=O) groups is 1. The molecular weight excluding hydrogens is 224 g/mol. The third kappa shape index (κ3) is 2.22. The summed E-state index contributed by atoms with van der Waals surface area (Å²) in [4.78, 5) is 12.0. The number of hydrogen-bond acceptors (Lipinski definition) is 2. The van der Waals surface area contributed by atoms with Gasteiger partial charge in [-0.15, -0.1) is 0 Å². The van der Waals surface area contributed by atoms with Gasteiger partial charge in [0.05, 0.1) is 6.10 Å². The monoisotopic (exact) mass is 246 g/mol. The van der Waals surface area contributed by atoms with Crippen molar-refractivity contribution in [1.82, 2.24) is 0 Å². The number of aliphatic hydroxyl groups is 1. The molecule has 0 spiro atoms. The molecule has 0 aliphatic heterocycles. The molecule has 0 heterocycles. The molecule has 0 aromatic heterocycles. The molecule has 1 fully saturated rings. The van der Waals surface area contributed by atoms with Crippen molar-refractivity contribution in [2.45, 2.75) is 46.1 Å². The molecule has 0 unspecified atom stereocenters. The van der Waals surface area contributed by atoms with E-state index in [0.29, 0.717) is 0 Å². The number of carbonyl (C=O) groups excluding carboxylic acids is 1. The average Bonchev–Trinajstić information content (AvgIpc) is 2.38. The molecule has 0 saturated heterocycles. The van der Waals surface area contributed by atoms with Crippen LogP contribution in [0.2, 0.25) is 0 Å². The van der Waals surface area contributed by atoms with E-state index in [1.807, 2.05) is 6.92 Å². The van der Waals surface area contributed by atoms with Crippen molar-refractivity contribution in [2.75, 3.05) is 0 Å².